The molecule has 240 valence electrons. The highest BCUT2D eigenvalue weighted by Gasteiger charge is 2.48. The van der Waals surface area contributed by atoms with Crippen molar-refractivity contribution in [3.05, 3.63) is 100 Å². The molecule has 0 bridgehead atoms. The number of piperidine rings is 1. The minimum Gasteiger partial charge on any atom is -0.496 e. The Balaban J connectivity index is 1.13. The number of likely N-dealkylation sites (tertiary alicyclic amines) is 1. The highest BCUT2D eigenvalue weighted by atomic mass is 16.5. The third kappa shape index (κ3) is 5.38. The number of benzene rings is 3. The second-order valence-electron chi connectivity index (χ2n) is 13.1. The summed E-state index contributed by atoms with van der Waals surface area (Å²) in [6.45, 7) is 8.25. The van der Waals surface area contributed by atoms with Gasteiger partial charge in [0.1, 0.15) is 17.7 Å². The molecule has 4 aromatic rings. The van der Waals surface area contributed by atoms with Crippen LogP contribution in [0, 0.1) is 13.8 Å². The van der Waals surface area contributed by atoms with Crippen LogP contribution in [0.2, 0.25) is 0 Å². The molecule has 7 rings (SSSR count). The van der Waals surface area contributed by atoms with Gasteiger partial charge in [0, 0.05) is 18.5 Å². The number of morpholine rings is 1. The average Bonchev–Trinajstić information content (AvgIpc) is 3.72. The number of ether oxygens (including phenoxy) is 2. The van der Waals surface area contributed by atoms with Gasteiger partial charge in [-0.15, -0.1) is 5.10 Å². The Bertz CT molecular complexity index is 1720. The van der Waals surface area contributed by atoms with Crippen molar-refractivity contribution in [3.63, 3.8) is 0 Å². The van der Waals surface area contributed by atoms with Crippen molar-refractivity contribution in [3.8, 4) is 11.4 Å². The molecule has 2 atom stereocenters. The van der Waals surface area contributed by atoms with Crippen LogP contribution in [0.3, 0.4) is 0 Å². The number of hydrogen-bond acceptors (Lipinski definition) is 8. The average molecular weight is 623 g/mol. The topological polar surface area (TPSA) is 106 Å². The lowest BCUT2D eigenvalue weighted by Gasteiger charge is -2.46. The van der Waals surface area contributed by atoms with Crippen LogP contribution in [0.1, 0.15) is 57.4 Å². The number of amides is 1. The molecular formula is C36H42N6O4. The van der Waals surface area contributed by atoms with E-state index in [1.54, 1.807) is 19.2 Å². The lowest BCUT2D eigenvalue weighted by molar-refractivity contribution is -0.114. The van der Waals surface area contributed by atoms with Crippen LogP contribution in [0.25, 0.3) is 5.69 Å². The number of aromatic nitrogens is 4. The second kappa shape index (κ2) is 12.2. The number of aryl methyl sites for hydroxylation is 2. The van der Waals surface area contributed by atoms with Gasteiger partial charge in [0.05, 0.1) is 37.6 Å². The first-order chi connectivity index (χ1) is 22.3. The number of hydrogen-bond donors (Lipinski definition) is 1. The number of carbonyl (C=O) groups excluding carboxylic acids is 1. The molecule has 2 saturated heterocycles. The molecule has 46 heavy (non-hydrogen) atoms. The van der Waals surface area contributed by atoms with Crippen LogP contribution in [-0.4, -0.2) is 93.6 Å². The minimum absolute atomic E-state index is 0.114. The quantitative estimate of drug-likeness (QED) is 0.330. The number of aliphatic hydroxyl groups excluding tert-OH is 1. The lowest BCUT2D eigenvalue weighted by atomic mass is 9.72. The molecule has 1 aliphatic carbocycles. The summed E-state index contributed by atoms with van der Waals surface area (Å²) in [5.74, 6) is 0.389. The zero-order valence-electron chi connectivity index (χ0n) is 26.9. The van der Waals surface area contributed by atoms with Crippen molar-refractivity contribution in [2.24, 2.45) is 0 Å². The van der Waals surface area contributed by atoms with E-state index in [-0.39, 0.29) is 17.4 Å². The van der Waals surface area contributed by atoms with Crippen LogP contribution in [0.15, 0.2) is 67.0 Å². The maximum atomic E-state index is 14.2. The predicted octanol–water partition coefficient (Wildman–Crippen LogP) is 4.00. The lowest BCUT2D eigenvalue weighted by Crippen LogP contribution is -2.54. The number of aliphatic hydroxyl groups is 1. The van der Waals surface area contributed by atoms with Gasteiger partial charge in [-0.1, -0.05) is 42.5 Å². The number of rotatable bonds is 7. The summed E-state index contributed by atoms with van der Waals surface area (Å²) in [5.41, 5.74) is 6.47. The third-order valence-corrected chi connectivity index (χ3v) is 10.7. The molecule has 2 fully saturated rings. The molecule has 0 radical (unpaired) electrons. The van der Waals surface area contributed by atoms with Crippen LogP contribution >= 0.6 is 0 Å². The SMILES string of the molecule is COc1ccc(-n2cnnn2)cc1C(=O)N1CCO[C@@](CCN2CCC3(CC2)c2ccccc2C[C@@H]3O)(c2ccc(C)c(C)c2)C1. The minimum atomic E-state index is -0.665. The first-order valence-electron chi connectivity index (χ1n) is 16.2. The first-order valence-corrected chi connectivity index (χ1v) is 16.2. The van der Waals surface area contributed by atoms with Crippen molar-refractivity contribution in [2.75, 3.05) is 46.4 Å². The van der Waals surface area contributed by atoms with Gasteiger partial charge in [0.25, 0.3) is 5.91 Å². The van der Waals surface area contributed by atoms with E-state index >= 15 is 0 Å². The Morgan fingerprint density at radius 1 is 1.04 bits per heavy atom. The Morgan fingerprint density at radius 2 is 1.87 bits per heavy atom. The molecule has 1 N–H and O–H groups in total. The van der Waals surface area contributed by atoms with Gasteiger partial charge < -0.3 is 24.4 Å². The monoisotopic (exact) mass is 622 g/mol. The number of carbonyl (C=O) groups is 1. The van der Waals surface area contributed by atoms with Crippen LogP contribution in [0.4, 0.5) is 0 Å². The second-order valence-corrected chi connectivity index (χ2v) is 13.1. The fourth-order valence-electron chi connectivity index (χ4n) is 7.79. The molecule has 0 unspecified atom stereocenters. The summed E-state index contributed by atoms with van der Waals surface area (Å²) >= 11 is 0. The maximum absolute atomic E-state index is 14.2. The van der Waals surface area contributed by atoms with E-state index in [1.165, 1.54) is 33.3 Å². The van der Waals surface area contributed by atoms with Gasteiger partial charge in [-0.05, 0) is 109 Å². The molecule has 3 aromatic carbocycles. The van der Waals surface area contributed by atoms with Crippen molar-refractivity contribution >= 4 is 5.91 Å². The number of nitrogens with zero attached hydrogens (tertiary/aromatic N) is 6. The van der Waals surface area contributed by atoms with Gasteiger partial charge in [-0.25, -0.2) is 4.68 Å². The zero-order chi connectivity index (χ0) is 31.9. The van der Waals surface area contributed by atoms with E-state index in [0.717, 1.165) is 50.9 Å². The summed E-state index contributed by atoms with van der Waals surface area (Å²) in [6, 6.07) is 20.5. The molecule has 0 saturated carbocycles. The maximum Gasteiger partial charge on any atom is 0.257 e. The first kappa shape index (κ1) is 30.5. The van der Waals surface area contributed by atoms with Gasteiger partial charge >= 0.3 is 0 Å². The van der Waals surface area contributed by atoms with E-state index in [2.05, 4.69) is 76.7 Å². The summed E-state index contributed by atoms with van der Waals surface area (Å²) in [5, 5.41) is 22.6. The number of methoxy groups -OCH3 is 1. The van der Waals surface area contributed by atoms with Crippen molar-refractivity contribution < 1.29 is 19.4 Å². The van der Waals surface area contributed by atoms with Crippen LogP contribution in [-0.2, 0) is 22.2 Å². The fourth-order valence-corrected chi connectivity index (χ4v) is 7.79. The predicted molar refractivity (Wildman–Crippen MR) is 173 cm³/mol. The summed E-state index contributed by atoms with van der Waals surface area (Å²) in [6.07, 6.45) is 4.53. The summed E-state index contributed by atoms with van der Waals surface area (Å²) in [7, 11) is 1.58. The van der Waals surface area contributed by atoms with Gasteiger partial charge in [0.15, 0.2) is 0 Å². The largest absolute Gasteiger partial charge is 0.496 e. The van der Waals surface area contributed by atoms with E-state index < -0.39 is 5.60 Å². The van der Waals surface area contributed by atoms with Crippen LogP contribution < -0.4 is 4.74 Å². The Kier molecular flexibility index (Phi) is 8.12. The van der Waals surface area contributed by atoms with Gasteiger partial charge in [-0.2, -0.15) is 0 Å². The zero-order valence-corrected chi connectivity index (χ0v) is 26.9. The molecule has 2 aliphatic heterocycles. The highest BCUT2D eigenvalue weighted by Crippen LogP contribution is 2.46. The normalized spacial score (nSPS) is 22.6. The molecular weight excluding hydrogens is 580 g/mol. The summed E-state index contributed by atoms with van der Waals surface area (Å²) in [4.78, 5) is 18.6. The van der Waals surface area contributed by atoms with Crippen molar-refractivity contribution in [1.29, 1.82) is 0 Å². The number of fused-ring (bicyclic) bond motifs is 2. The molecule has 3 aliphatic rings. The molecule has 1 amide bonds. The van der Waals surface area contributed by atoms with E-state index in [0.29, 0.717) is 36.7 Å². The molecule has 10 heteroatoms. The Hall–Kier alpha value is -4.12. The third-order valence-electron chi connectivity index (χ3n) is 10.7. The van der Waals surface area contributed by atoms with Crippen molar-refractivity contribution in [2.45, 2.75) is 56.7 Å². The smallest absolute Gasteiger partial charge is 0.257 e. The fraction of sp³-hybridized carbons (Fsp3) is 0.444. The summed E-state index contributed by atoms with van der Waals surface area (Å²) < 4.78 is 13.9. The molecule has 10 nitrogen and oxygen atoms in total. The van der Waals surface area contributed by atoms with Crippen molar-refractivity contribution in [1.82, 2.24) is 30.0 Å². The van der Waals surface area contributed by atoms with E-state index in [1.807, 2.05) is 11.0 Å². The Morgan fingerprint density at radius 3 is 2.63 bits per heavy atom. The van der Waals surface area contributed by atoms with Gasteiger partial charge in [-0.3, -0.25) is 4.79 Å². The molecule has 1 spiro atoms. The number of tetrazole rings is 1. The van der Waals surface area contributed by atoms with Crippen LogP contribution in [0.5, 0.6) is 5.75 Å². The molecule has 3 heterocycles. The van der Waals surface area contributed by atoms with Gasteiger partial charge in [0.2, 0.25) is 0 Å². The highest BCUT2D eigenvalue weighted by molar-refractivity contribution is 5.97. The van der Waals surface area contributed by atoms with E-state index in [4.69, 9.17) is 9.47 Å². The standard InChI is InChI=1S/C36H42N6O4/c1-25-8-9-28(20-26(25)2)36(14-17-40-15-12-35(13-16-40)31-7-5-4-6-27(31)21-33(35)43)23-41(18-19-46-36)34(44)30-22-29(10-11-32(30)45-3)42-24-37-38-39-42/h4-11,20,22,24,33,43H,12-19,21,23H2,1-3H3/t33-,36+/m0/s1. The Labute approximate surface area is 269 Å². The van der Waals surface area contributed by atoms with E-state index in [9.17, 15) is 9.90 Å². The molecule has 1 aromatic heterocycles.